The molecule has 0 unspecified atom stereocenters. The Bertz CT molecular complexity index is 1120. The van der Waals surface area contributed by atoms with Gasteiger partial charge in [-0.1, -0.05) is 12.1 Å². The summed E-state index contributed by atoms with van der Waals surface area (Å²) in [7, 11) is -1.88. The van der Waals surface area contributed by atoms with Crippen LogP contribution in [0.3, 0.4) is 0 Å². The van der Waals surface area contributed by atoms with E-state index in [-0.39, 0.29) is 33.4 Å². The molecule has 30 heavy (non-hydrogen) atoms. The van der Waals surface area contributed by atoms with Crippen LogP contribution in [0.4, 0.5) is 8.78 Å². The van der Waals surface area contributed by atoms with Crippen LogP contribution in [0.1, 0.15) is 11.9 Å². The minimum atomic E-state index is -1.88. The molecule has 4 rings (SSSR count). The Kier molecular flexibility index (Phi) is 5.27. The van der Waals surface area contributed by atoms with Crippen LogP contribution in [-0.4, -0.2) is 37.3 Å². The number of aromatic nitrogens is 2. The smallest absolute Gasteiger partial charge is 0.423 e. The summed E-state index contributed by atoms with van der Waals surface area (Å²) in [6.45, 7) is 0. The summed E-state index contributed by atoms with van der Waals surface area (Å²) in [4.78, 5) is 9.03. The van der Waals surface area contributed by atoms with Gasteiger partial charge in [0.1, 0.15) is 11.6 Å². The van der Waals surface area contributed by atoms with E-state index in [0.29, 0.717) is 11.1 Å². The van der Waals surface area contributed by atoms with Crippen LogP contribution in [0.2, 0.25) is 0 Å². The van der Waals surface area contributed by atoms with Gasteiger partial charge in [-0.25, -0.2) is 18.7 Å². The highest BCUT2D eigenvalue weighted by Crippen LogP contribution is 2.32. The van der Waals surface area contributed by atoms with Crippen molar-refractivity contribution in [2.45, 2.75) is 6.29 Å². The highest BCUT2D eigenvalue weighted by Gasteiger charge is 2.23. The molecule has 1 heterocycles. The first-order valence-corrected chi connectivity index (χ1v) is 8.94. The molecule has 4 aromatic rings. The van der Waals surface area contributed by atoms with Crippen molar-refractivity contribution in [2.75, 3.05) is 0 Å². The molecule has 1 aromatic heterocycles. The van der Waals surface area contributed by atoms with Crippen LogP contribution < -0.4 is 5.46 Å². The SMILES string of the molecule is OB(O)c1ccc(C(O)O)c2nc(-c3ccc(F)cc3)c(-c3ccc(F)cc3)nc12. The second kappa shape index (κ2) is 7.89. The van der Waals surface area contributed by atoms with Gasteiger partial charge in [0.2, 0.25) is 0 Å². The lowest BCUT2D eigenvalue weighted by molar-refractivity contribution is -0.0414. The van der Waals surface area contributed by atoms with E-state index in [1.807, 2.05) is 0 Å². The highest BCUT2D eigenvalue weighted by molar-refractivity contribution is 6.61. The van der Waals surface area contributed by atoms with E-state index in [0.717, 1.165) is 0 Å². The number of halogens is 2. The molecule has 0 spiro atoms. The molecular formula is C21H15BF2N2O4. The Hall–Kier alpha value is -3.24. The molecule has 0 aliphatic carbocycles. The second-order valence-corrected chi connectivity index (χ2v) is 6.62. The normalized spacial score (nSPS) is 11.3. The maximum Gasteiger partial charge on any atom is 0.490 e. The van der Waals surface area contributed by atoms with Crippen molar-refractivity contribution < 1.29 is 29.0 Å². The van der Waals surface area contributed by atoms with Crippen molar-refractivity contribution in [3.8, 4) is 22.5 Å². The van der Waals surface area contributed by atoms with Crippen LogP contribution in [0.15, 0.2) is 60.7 Å². The predicted octanol–water partition coefficient (Wildman–Crippen LogP) is 1.90. The summed E-state index contributed by atoms with van der Waals surface area (Å²) >= 11 is 0. The van der Waals surface area contributed by atoms with E-state index < -0.39 is 25.0 Å². The molecule has 0 saturated heterocycles. The van der Waals surface area contributed by atoms with E-state index in [9.17, 15) is 29.0 Å². The van der Waals surface area contributed by atoms with Gasteiger partial charge >= 0.3 is 7.12 Å². The molecule has 0 fully saturated rings. The maximum atomic E-state index is 13.4. The minimum absolute atomic E-state index is 0.0101. The Labute approximate surface area is 169 Å². The molecule has 0 saturated carbocycles. The van der Waals surface area contributed by atoms with Gasteiger partial charge in [-0.15, -0.1) is 0 Å². The van der Waals surface area contributed by atoms with Gasteiger partial charge < -0.3 is 20.3 Å². The number of benzene rings is 3. The third kappa shape index (κ3) is 3.67. The molecule has 6 nitrogen and oxygen atoms in total. The largest absolute Gasteiger partial charge is 0.490 e. The van der Waals surface area contributed by atoms with E-state index in [4.69, 9.17) is 0 Å². The lowest BCUT2D eigenvalue weighted by atomic mass is 9.78. The molecule has 3 aromatic carbocycles. The maximum absolute atomic E-state index is 13.4. The van der Waals surface area contributed by atoms with Crippen molar-refractivity contribution in [2.24, 2.45) is 0 Å². The van der Waals surface area contributed by atoms with Gasteiger partial charge in [-0.2, -0.15) is 0 Å². The number of aliphatic hydroxyl groups is 2. The average Bonchev–Trinajstić information content (AvgIpc) is 2.73. The first kappa shape index (κ1) is 20.1. The first-order chi connectivity index (χ1) is 14.3. The minimum Gasteiger partial charge on any atom is -0.423 e. The molecule has 9 heteroatoms. The van der Waals surface area contributed by atoms with E-state index >= 15 is 0 Å². The van der Waals surface area contributed by atoms with Crippen molar-refractivity contribution in [3.05, 3.63) is 77.9 Å². The van der Waals surface area contributed by atoms with E-state index in [1.165, 1.54) is 60.7 Å². The zero-order valence-electron chi connectivity index (χ0n) is 15.4. The van der Waals surface area contributed by atoms with Crippen LogP contribution in [0.25, 0.3) is 33.5 Å². The molecule has 150 valence electrons. The number of rotatable bonds is 4. The quantitative estimate of drug-likeness (QED) is 0.304. The predicted molar refractivity (Wildman–Crippen MR) is 107 cm³/mol. The Morgan fingerprint density at radius 1 is 0.667 bits per heavy atom. The fourth-order valence-corrected chi connectivity index (χ4v) is 3.21. The summed E-state index contributed by atoms with van der Waals surface area (Å²) in [5.74, 6) is -0.902. The van der Waals surface area contributed by atoms with Gasteiger partial charge in [0.05, 0.1) is 22.4 Å². The molecule has 0 aliphatic heterocycles. The molecule has 0 bridgehead atoms. The third-order valence-corrected chi connectivity index (χ3v) is 4.68. The lowest BCUT2D eigenvalue weighted by Crippen LogP contribution is -2.31. The monoisotopic (exact) mass is 408 g/mol. The van der Waals surface area contributed by atoms with E-state index in [2.05, 4.69) is 9.97 Å². The molecule has 0 atom stereocenters. The van der Waals surface area contributed by atoms with Gasteiger partial charge in [0, 0.05) is 22.2 Å². The third-order valence-electron chi connectivity index (χ3n) is 4.68. The van der Waals surface area contributed by atoms with Crippen molar-refractivity contribution in [1.29, 1.82) is 0 Å². The summed E-state index contributed by atoms with van der Waals surface area (Å²) in [5, 5.41) is 38.9. The Morgan fingerprint density at radius 2 is 1.13 bits per heavy atom. The standard InChI is InChI=1S/C21H15BF2N2O4/c23-13-5-1-11(2-6-13)17-18(12-3-7-14(24)8-4-12)26-20-16(22(29)30)10-9-15(21(27)28)19(20)25-17/h1-10,21,27-30H. The highest BCUT2D eigenvalue weighted by atomic mass is 19.1. The zero-order chi connectivity index (χ0) is 21.4. The summed E-state index contributed by atoms with van der Waals surface area (Å²) in [6.07, 6.45) is -1.88. The second-order valence-electron chi connectivity index (χ2n) is 6.62. The number of aliphatic hydroxyl groups excluding tert-OH is 1. The fraction of sp³-hybridized carbons (Fsp3) is 0.0476. The number of fused-ring (bicyclic) bond motifs is 1. The molecule has 0 radical (unpaired) electrons. The van der Waals surface area contributed by atoms with Gasteiger partial charge in [-0.3, -0.25) is 0 Å². The fourth-order valence-electron chi connectivity index (χ4n) is 3.21. The summed E-state index contributed by atoms with van der Waals surface area (Å²) in [5.41, 5.74) is 1.63. The summed E-state index contributed by atoms with van der Waals surface area (Å²) in [6, 6.07) is 13.5. The summed E-state index contributed by atoms with van der Waals surface area (Å²) < 4.78 is 26.9. The number of hydrogen-bond donors (Lipinski definition) is 4. The lowest BCUT2D eigenvalue weighted by Gasteiger charge is -2.16. The number of hydrogen-bond acceptors (Lipinski definition) is 6. The molecule has 0 amide bonds. The first-order valence-electron chi connectivity index (χ1n) is 8.94. The van der Waals surface area contributed by atoms with Gasteiger partial charge in [-0.05, 0) is 48.5 Å². The average molecular weight is 408 g/mol. The number of nitrogens with zero attached hydrogens (tertiary/aromatic N) is 2. The molecule has 0 aliphatic rings. The van der Waals surface area contributed by atoms with Gasteiger partial charge in [0.25, 0.3) is 0 Å². The Balaban J connectivity index is 2.10. The zero-order valence-corrected chi connectivity index (χ0v) is 15.4. The van der Waals surface area contributed by atoms with Crippen LogP contribution in [0.5, 0.6) is 0 Å². The van der Waals surface area contributed by atoms with Crippen molar-refractivity contribution >= 4 is 23.6 Å². The van der Waals surface area contributed by atoms with Crippen molar-refractivity contribution in [3.63, 3.8) is 0 Å². The molecular weight excluding hydrogens is 393 g/mol. The van der Waals surface area contributed by atoms with Crippen LogP contribution >= 0.6 is 0 Å². The Morgan fingerprint density at radius 3 is 1.57 bits per heavy atom. The topological polar surface area (TPSA) is 107 Å². The van der Waals surface area contributed by atoms with Crippen LogP contribution in [-0.2, 0) is 0 Å². The van der Waals surface area contributed by atoms with Crippen LogP contribution in [0, 0.1) is 11.6 Å². The molecule has 4 N–H and O–H groups in total. The van der Waals surface area contributed by atoms with E-state index in [1.54, 1.807) is 0 Å². The van der Waals surface area contributed by atoms with Crippen molar-refractivity contribution in [1.82, 2.24) is 9.97 Å². The van der Waals surface area contributed by atoms with Gasteiger partial charge in [0.15, 0.2) is 6.29 Å².